The van der Waals surface area contributed by atoms with Gasteiger partial charge in [-0.25, -0.2) is 4.79 Å². The Labute approximate surface area is 141 Å². The number of carbonyl (C=O) groups is 1. The number of phenols is 1. The fourth-order valence-electron chi connectivity index (χ4n) is 2.14. The summed E-state index contributed by atoms with van der Waals surface area (Å²) in [5, 5.41) is 23.3. The van der Waals surface area contributed by atoms with Crippen molar-refractivity contribution >= 4 is 5.97 Å². The van der Waals surface area contributed by atoms with Crippen molar-refractivity contribution in [1.82, 2.24) is 5.32 Å². The van der Waals surface area contributed by atoms with Crippen LogP contribution in [0, 0.1) is 6.92 Å². The van der Waals surface area contributed by atoms with Gasteiger partial charge in [-0.2, -0.15) is 0 Å². The first-order valence-corrected chi connectivity index (χ1v) is 7.90. The third kappa shape index (κ3) is 4.81. The zero-order valence-corrected chi connectivity index (χ0v) is 14.1. The number of phenolic OH excluding ortho intramolecular Hbond substituents is 1. The van der Waals surface area contributed by atoms with Crippen molar-refractivity contribution in [1.29, 1.82) is 0 Å². The second kappa shape index (κ2) is 7.95. The summed E-state index contributed by atoms with van der Waals surface area (Å²) < 4.78 is 5.22. The number of aromatic hydroxyl groups is 1. The summed E-state index contributed by atoms with van der Waals surface area (Å²) in [6.45, 7) is 6.27. The number of rotatable bonds is 6. The third-order valence-corrected chi connectivity index (χ3v) is 3.58. The van der Waals surface area contributed by atoms with Crippen LogP contribution in [0.1, 0.15) is 41.4 Å². The van der Waals surface area contributed by atoms with Crippen molar-refractivity contribution in [2.75, 3.05) is 6.54 Å². The molecule has 128 valence electrons. The highest BCUT2D eigenvalue weighted by Crippen LogP contribution is 2.30. The van der Waals surface area contributed by atoms with Crippen LogP contribution in [0.3, 0.4) is 0 Å². The number of nitrogens with one attached hydrogen (secondary N) is 1. The van der Waals surface area contributed by atoms with Crippen LogP contribution in [0.4, 0.5) is 0 Å². The Morgan fingerprint density at radius 2 is 1.83 bits per heavy atom. The molecule has 3 N–H and O–H groups in total. The number of esters is 1. The maximum absolute atomic E-state index is 12.1. The van der Waals surface area contributed by atoms with Crippen LogP contribution >= 0.6 is 0 Å². The van der Waals surface area contributed by atoms with Crippen LogP contribution in [0.5, 0.6) is 11.5 Å². The topological polar surface area (TPSA) is 78.8 Å². The lowest BCUT2D eigenvalue weighted by atomic mass is 10.1. The van der Waals surface area contributed by atoms with Crippen molar-refractivity contribution in [3.8, 4) is 11.5 Å². The molecule has 0 spiro atoms. The molecule has 0 bridgehead atoms. The molecule has 0 aliphatic carbocycles. The Morgan fingerprint density at radius 1 is 1.17 bits per heavy atom. The molecule has 2 aromatic carbocycles. The van der Waals surface area contributed by atoms with E-state index in [0.717, 1.165) is 5.56 Å². The molecule has 24 heavy (non-hydrogen) atoms. The standard InChI is InChI=1S/C19H23NO4/c1-12(2)20-11-17(22)15-8-9-18(16(21)10-15)24-19(23)14-6-4-13(3)5-7-14/h4-10,12,17,20-22H,11H2,1-3H3. The van der Waals surface area contributed by atoms with E-state index in [1.54, 1.807) is 18.2 Å². The predicted octanol–water partition coefficient (Wildman–Crippen LogP) is 2.95. The quantitative estimate of drug-likeness (QED) is 0.561. The van der Waals surface area contributed by atoms with E-state index in [0.29, 0.717) is 17.7 Å². The Kier molecular flexibility index (Phi) is 5.95. The number of aryl methyl sites for hydroxylation is 1. The van der Waals surface area contributed by atoms with E-state index in [1.807, 2.05) is 32.9 Å². The Bertz CT molecular complexity index is 695. The van der Waals surface area contributed by atoms with Gasteiger partial charge in [-0.1, -0.05) is 37.6 Å². The molecule has 1 atom stereocenters. The van der Waals surface area contributed by atoms with Crippen LogP contribution in [0.15, 0.2) is 42.5 Å². The molecule has 0 saturated heterocycles. The van der Waals surface area contributed by atoms with Crippen molar-refractivity contribution in [2.24, 2.45) is 0 Å². The Balaban J connectivity index is 2.06. The average Bonchev–Trinajstić information content (AvgIpc) is 2.55. The highest BCUT2D eigenvalue weighted by atomic mass is 16.5. The van der Waals surface area contributed by atoms with Gasteiger partial charge in [0, 0.05) is 12.6 Å². The molecule has 0 radical (unpaired) electrons. The molecular weight excluding hydrogens is 306 g/mol. The number of aliphatic hydroxyl groups excluding tert-OH is 1. The van der Waals surface area contributed by atoms with E-state index >= 15 is 0 Å². The van der Waals surface area contributed by atoms with Gasteiger partial charge in [-0.15, -0.1) is 0 Å². The fraction of sp³-hybridized carbons (Fsp3) is 0.316. The van der Waals surface area contributed by atoms with E-state index in [4.69, 9.17) is 4.74 Å². The molecule has 0 fully saturated rings. The average molecular weight is 329 g/mol. The minimum Gasteiger partial charge on any atom is -0.504 e. The lowest BCUT2D eigenvalue weighted by Gasteiger charge is -2.15. The first-order chi connectivity index (χ1) is 11.4. The fourth-order valence-corrected chi connectivity index (χ4v) is 2.14. The summed E-state index contributed by atoms with van der Waals surface area (Å²) in [5.41, 5.74) is 2.00. The summed E-state index contributed by atoms with van der Waals surface area (Å²) in [6, 6.07) is 11.7. The van der Waals surface area contributed by atoms with Gasteiger partial charge in [0.2, 0.25) is 0 Å². The molecule has 5 nitrogen and oxygen atoms in total. The largest absolute Gasteiger partial charge is 0.504 e. The smallest absolute Gasteiger partial charge is 0.343 e. The molecule has 0 aromatic heterocycles. The van der Waals surface area contributed by atoms with Gasteiger partial charge in [-0.05, 0) is 36.8 Å². The van der Waals surface area contributed by atoms with Gasteiger partial charge in [-0.3, -0.25) is 0 Å². The highest BCUT2D eigenvalue weighted by molar-refractivity contribution is 5.91. The number of aliphatic hydroxyl groups is 1. The predicted molar refractivity (Wildman–Crippen MR) is 92.3 cm³/mol. The number of hydrogen-bond acceptors (Lipinski definition) is 5. The van der Waals surface area contributed by atoms with Crippen LogP contribution in [-0.2, 0) is 0 Å². The second-order valence-corrected chi connectivity index (χ2v) is 6.06. The Hall–Kier alpha value is -2.37. The van der Waals surface area contributed by atoms with Gasteiger partial charge in [0.15, 0.2) is 11.5 Å². The van der Waals surface area contributed by atoms with Crippen molar-refractivity contribution in [2.45, 2.75) is 32.9 Å². The van der Waals surface area contributed by atoms with E-state index < -0.39 is 12.1 Å². The summed E-state index contributed by atoms with van der Waals surface area (Å²) in [6.07, 6.45) is -0.750. The summed E-state index contributed by atoms with van der Waals surface area (Å²) in [5.74, 6) is -0.662. The summed E-state index contributed by atoms with van der Waals surface area (Å²) >= 11 is 0. The molecule has 1 unspecified atom stereocenters. The van der Waals surface area contributed by atoms with Crippen molar-refractivity contribution in [3.05, 3.63) is 59.2 Å². The zero-order valence-electron chi connectivity index (χ0n) is 14.1. The van der Waals surface area contributed by atoms with Crippen LogP contribution in [0.2, 0.25) is 0 Å². The summed E-state index contributed by atoms with van der Waals surface area (Å²) in [4.78, 5) is 12.1. The molecule has 0 amide bonds. The third-order valence-electron chi connectivity index (χ3n) is 3.58. The van der Waals surface area contributed by atoms with Crippen LogP contribution < -0.4 is 10.1 Å². The van der Waals surface area contributed by atoms with Crippen molar-refractivity contribution in [3.63, 3.8) is 0 Å². The first-order valence-electron chi connectivity index (χ1n) is 7.90. The number of hydrogen-bond donors (Lipinski definition) is 3. The van der Waals surface area contributed by atoms with Crippen molar-refractivity contribution < 1.29 is 19.7 Å². The maximum Gasteiger partial charge on any atom is 0.343 e. The second-order valence-electron chi connectivity index (χ2n) is 6.06. The maximum atomic E-state index is 12.1. The molecule has 5 heteroatoms. The van der Waals surface area contributed by atoms with E-state index in [1.165, 1.54) is 12.1 Å². The van der Waals surface area contributed by atoms with Gasteiger partial charge >= 0.3 is 5.97 Å². The lowest BCUT2D eigenvalue weighted by Crippen LogP contribution is -2.27. The van der Waals surface area contributed by atoms with Crippen LogP contribution in [0.25, 0.3) is 0 Å². The minimum atomic E-state index is -0.750. The number of benzene rings is 2. The van der Waals surface area contributed by atoms with E-state index in [2.05, 4.69) is 5.32 Å². The van der Waals surface area contributed by atoms with Crippen LogP contribution in [-0.4, -0.2) is 28.8 Å². The SMILES string of the molecule is Cc1ccc(C(=O)Oc2ccc(C(O)CNC(C)C)cc2O)cc1. The van der Waals surface area contributed by atoms with E-state index in [-0.39, 0.29) is 17.5 Å². The molecule has 0 saturated carbocycles. The zero-order chi connectivity index (χ0) is 17.7. The summed E-state index contributed by atoms with van der Waals surface area (Å²) in [7, 11) is 0. The number of ether oxygens (including phenoxy) is 1. The van der Waals surface area contributed by atoms with Gasteiger partial charge in [0.1, 0.15) is 0 Å². The van der Waals surface area contributed by atoms with Gasteiger partial charge in [0.25, 0.3) is 0 Å². The molecule has 2 aromatic rings. The Morgan fingerprint density at radius 3 is 2.42 bits per heavy atom. The molecular formula is C19H23NO4. The molecule has 2 rings (SSSR count). The number of carbonyl (C=O) groups excluding carboxylic acids is 1. The van der Waals surface area contributed by atoms with Gasteiger partial charge in [0.05, 0.1) is 11.7 Å². The highest BCUT2D eigenvalue weighted by Gasteiger charge is 2.14. The van der Waals surface area contributed by atoms with E-state index in [9.17, 15) is 15.0 Å². The first kappa shape index (κ1) is 18.0. The normalized spacial score (nSPS) is 12.2. The van der Waals surface area contributed by atoms with Gasteiger partial charge < -0.3 is 20.3 Å². The minimum absolute atomic E-state index is 0.0633. The molecule has 0 aliphatic heterocycles. The molecule has 0 heterocycles. The molecule has 0 aliphatic rings. The lowest BCUT2D eigenvalue weighted by molar-refractivity contribution is 0.0729. The monoisotopic (exact) mass is 329 g/mol.